The fourth-order valence-electron chi connectivity index (χ4n) is 2.30. The summed E-state index contributed by atoms with van der Waals surface area (Å²) >= 11 is 2.64. The number of thioether (sulfide) groups is 1. The standard InChI is InChI=1S/C13H19NO4S3/c1-3-5-11-14(10(8-19-11)13(15)16)21(17,18)12-7-6-9(4-2)20-12/h6-7,10-11H,3-5,8H2,1-2H3,(H,15,16). The van der Waals surface area contributed by atoms with Crippen molar-refractivity contribution in [3.8, 4) is 0 Å². The van der Waals surface area contributed by atoms with E-state index in [1.807, 2.05) is 13.8 Å². The minimum Gasteiger partial charge on any atom is -0.480 e. The number of carbonyl (C=O) groups is 1. The van der Waals surface area contributed by atoms with E-state index in [9.17, 15) is 18.3 Å². The molecule has 1 N–H and O–H groups in total. The number of sulfonamides is 1. The molecule has 0 amide bonds. The molecule has 21 heavy (non-hydrogen) atoms. The zero-order valence-electron chi connectivity index (χ0n) is 12.0. The second kappa shape index (κ2) is 6.68. The van der Waals surface area contributed by atoms with E-state index in [2.05, 4.69) is 0 Å². The Balaban J connectivity index is 2.39. The zero-order chi connectivity index (χ0) is 15.6. The third-order valence-electron chi connectivity index (χ3n) is 3.38. The average molecular weight is 349 g/mol. The van der Waals surface area contributed by atoms with Gasteiger partial charge < -0.3 is 5.11 Å². The normalized spacial score (nSPS) is 23.5. The third-order valence-corrected chi connectivity index (χ3v) is 8.48. The SMILES string of the molecule is CCCC1SCC(C(=O)O)N1S(=O)(=O)c1ccc(CC)s1. The molecule has 8 heteroatoms. The number of thiophene rings is 1. The molecule has 2 heterocycles. The molecule has 0 aliphatic carbocycles. The van der Waals surface area contributed by atoms with E-state index >= 15 is 0 Å². The number of hydrogen-bond acceptors (Lipinski definition) is 5. The minimum atomic E-state index is -3.74. The maximum Gasteiger partial charge on any atom is 0.322 e. The largest absolute Gasteiger partial charge is 0.480 e. The Hall–Kier alpha value is -0.570. The maximum atomic E-state index is 12.8. The van der Waals surface area contributed by atoms with Crippen molar-refractivity contribution in [2.24, 2.45) is 0 Å². The smallest absolute Gasteiger partial charge is 0.322 e. The lowest BCUT2D eigenvalue weighted by Gasteiger charge is -2.25. The summed E-state index contributed by atoms with van der Waals surface area (Å²) in [5.41, 5.74) is 0. The van der Waals surface area contributed by atoms with Gasteiger partial charge in [0.05, 0.1) is 5.37 Å². The number of carboxylic acid groups (broad SMARTS) is 1. The monoisotopic (exact) mass is 349 g/mol. The van der Waals surface area contributed by atoms with Crippen LogP contribution in [-0.4, -0.2) is 41.0 Å². The highest BCUT2D eigenvalue weighted by Crippen LogP contribution is 2.38. The van der Waals surface area contributed by atoms with Crippen LogP contribution in [0.4, 0.5) is 0 Å². The van der Waals surface area contributed by atoms with Gasteiger partial charge in [0.25, 0.3) is 10.0 Å². The van der Waals surface area contributed by atoms with E-state index in [-0.39, 0.29) is 9.58 Å². The van der Waals surface area contributed by atoms with Gasteiger partial charge in [-0.2, -0.15) is 4.31 Å². The highest BCUT2D eigenvalue weighted by atomic mass is 32.2. The van der Waals surface area contributed by atoms with Crippen molar-refractivity contribution in [1.29, 1.82) is 0 Å². The molecule has 1 aromatic rings. The van der Waals surface area contributed by atoms with Crippen molar-refractivity contribution in [3.63, 3.8) is 0 Å². The molecule has 1 aliphatic heterocycles. The maximum absolute atomic E-state index is 12.8. The first kappa shape index (κ1) is 16.8. The molecule has 0 saturated carbocycles. The minimum absolute atomic E-state index is 0.245. The molecule has 0 bridgehead atoms. The molecule has 2 unspecified atom stereocenters. The summed E-state index contributed by atoms with van der Waals surface area (Å²) in [5.74, 6) is -0.762. The van der Waals surface area contributed by atoms with Gasteiger partial charge in [0, 0.05) is 10.6 Å². The van der Waals surface area contributed by atoms with Crippen LogP contribution in [0.25, 0.3) is 0 Å². The molecule has 0 radical (unpaired) electrons. The number of carboxylic acids is 1. The van der Waals surface area contributed by atoms with Crippen molar-refractivity contribution < 1.29 is 18.3 Å². The predicted molar refractivity (Wildman–Crippen MR) is 85.3 cm³/mol. The molecule has 1 aromatic heterocycles. The summed E-state index contributed by atoms with van der Waals surface area (Å²) in [6.45, 7) is 3.94. The average Bonchev–Trinajstić information content (AvgIpc) is 3.05. The lowest BCUT2D eigenvalue weighted by molar-refractivity contribution is -0.140. The van der Waals surface area contributed by atoms with Crippen LogP contribution in [-0.2, 0) is 21.2 Å². The van der Waals surface area contributed by atoms with Crippen LogP contribution in [0.1, 0.15) is 31.6 Å². The lowest BCUT2D eigenvalue weighted by atomic mass is 10.3. The Morgan fingerprint density at radius 3 is 2.67 bits per heavy atom. The first-order valence-electron chi connectivity index (χ1n) is 6.88. The van der Waals surface area contributed by atoms with Crippen molar-refractivity contribution in [2.45, 2.75) is 48.7 Å². The van der Waals surface area contributed by atoms with Gasteiger partial charge in [-0.1, -0.05) is 20.3 Å². The summed E-state index contributed by atoms with van der Waals surface area (Å²) in [4.78, 5) is 12.4. The highest BCUT2D eigenvalue weighted by molar-refractivity contribution is 8.01. The topological polar surface area (TPSA) is 74.7 Å². The summed E-state index contributed by atoms with van der Waals surface area (Å²) in [6.07, 6.45) is 2.26. The van der Waals surface area contributed by atoms with Crippen molar-refractivity contribution in [3.05, 3.63) is 17.0 Å². The molecule has 5 nitrogen and oxygen atoms in total. The molecule has 1 saturated heterocycles. The fourth-order valence-corrected chi connectivity index (χ4v) is 7.36. The summed E-state index contributed by atoms with van der Waals surface area (Å²) in [6, 6.07) is 2.42. The van der Waals surface area contributed by atoms with Crippen molar-refractivity contribution in [1.82, 2.24) is 4.31 Å². The molecule has 0 spiro atoms. The van der Waals surface area contributed by atoms with E-state index < -0.39 is 22.0 Å². The second-order valence-corrected chi connectivity index (χ2v) is 9.29. The fraction of sp³-hybridized carbons (Fsp3) is 0.615. The van der Waals surface area contributed by atoms with Crippen molar-refractivity contribution in [2.75, 3.05) is 5.75 Å². The number of rotatable bonds is 6. The Morgan fingerprint density at radius 1 is 1.43 bits per heavy atom. The molecule has 1 aliphatic rings. The summed E-state index contributed by atoms with van der Waals surface area (Å²) in [7, 11) is -3.74. The first-order valence-corrected chi connectivity index (χ1v) is 10.2. The van der Waals surface area contributed by atoms with Gasteiger partial charge in [-0.15, -0.1) is 23.1 Å². The Bertz CT molecular complexity index is 611. The quantitative estimate of drug-likeness (QED) is 0.854. The van der Waals surface area contributed by atoms with E-state index in [0.29, 0.717) is 12.2 Å². The van der Waals surface area contributed by atoms with Gasteiger partial charge >= 0.3 is 5.97 Å². The highest BCUT2D eigenvalue weighted by Gasteiger charge is 2.46. The second-order valence-electron chi connectivity index (χ2n) is 4.84. The number of nitrogens with zero attached hydrogens (tertiary/aromatic N) is 1. The number of aliphatic carboxylic acids is 1. The Labute approximate surface area is 133 Å². The van der Waals surface area contributed by atoms with E-state index in [4.69, 9.17) is 0 Å². The van der Waals surface area contributed by atoms with Gasteiger partial charge in [-0.05, 0) is 25.0 Å². The van der Waals surface area contributed by atoms with E-state index in [1.165, 1.54) is 27.4 Å². The third kappa shape index (κ3) is 3.28. The van der Waals surface area contributed by atoms with E-state index in [1.54, 1.807) is 12.1 Å². The first-order chi connectivity index (χ1) is 9.91. The molecule has 2 atom stereocenters. The van der Waals surface area contributed by atoms with Crippen LogP contribution in [0.2, 0.25) is 0 Å². The molecule has 1 fully saturated rings. The van der Waals surface area contributed by atoms with Gasteiger partial charge in [0.1, 0.15) is 10.3 Å². The lowest BCUT2D eigenvalue weighted by Crippen LogP contribution is -2.45. The summed E-state index contributed by atoms with van der Waals surface area (Å²) < 4.78 is 27.1. The van der Waals surface area contributed by atoms with Crippen LogP contribution in [0.5, 0.6) is 0 Å². The van der Waals surface area contributed by atoms with Crippen molar-refractivity contribution >= 4 is 39.1 Å². The van der Waals surface area contributed by atoms with Crippen LogP contribution in [0.3, 0.4) is 0 Å². The van der Waals surface area contributed by atoms with Gasteiger partial charge in [-0.3, -0.25) is 4.79 Å². The molecule has 2 rings (SSSR count). The van der Waals surface area contributed by atoms with Gasteiger partial charge in [0.15, 0.2) is 0 Å². The summed E-state index contributed by atoms with van der Waals surface area (Å²) in [5, 5.41) is 9.03. The Kier molecular flexibility index (Phi) is 5.34. The Morgan fingerprint density at radius 2 is 2.14 bits per heavy atom. The van der Waals surface area contributed by atoms with Crippen LogP contribution in [0, 0.1) is 0 Å². The number of aryl methyl sites for hydroxylation is 1. The van der Waals surface area contributed by atoms with E-state index in [0.717, 1.165) is 17.7 Å². The molecule has 118 valence electrons. The molecule has 0 aromatic carbocycles. The van der Waals surface area contributed by atoms with Crippen LogP contribution in [0.15, 0.2) is 16.3 Å². The number of hydrogen-bond donors (Lipinski definition) is 1. The van der Waals surface area contributed by atoms with Crippen LogP contribution < -0.4 is 0 Å². The van der Waals surface area contributed by atoms with Crippen LogP contribution >= 0.6 is 23.1 Å². The van der Waals surface area contributed by atoms with Gasteiger partial charge in [-0.25, -0.2) is 8.42 Å². The molecular weight excluding hydrogens is 330 g/mol. The predicted octanol–water partition coefficient (Wildman–Crippen LogP) is 2.63. The van der Waals surface area contributed by atoms with Gasteiger partial charge in [0.2, 0.25) is 0 Å². The zero-order valence-corrected chi connectivity index (χ0v) is 14.4. The molecular formula is C13H19NO4S3.